The molecule has 0 aromatic carbocycles. The molecule has 1 heterocycles. The van der Waals surface area contributed by atoms with Crippen LogP contribution in [0.4, 0.5) is 0 Å². The summed E-state index contributed by atoms with van der Waals surface area (Å²) in [6.45, 7) is 0.174. The second kappa shape index (κ2) is 2.33. The van der Waals surface area contributed by atoms with Gasteiger partial charge in [-0.05, 0) is 0 Å². The SMILES string of the molecule is NC(=O)C1[CH][C@H](O)CO1. The zero-order valence-corrected chi connectivity index (χ0v) is 4.78. The number of carbonyl (C=O) groups excluding carboxylic acids is 1. The Morgan fingerprint density at radius 2 is 2.56 bits per heavy atom. The van der Waals surface area contributed by atoms with Gasteiger partial charge in [-0.25, -0.2) is 0 Å². The Balaban J connectivity index is 2.39. The Morgan fingerprint density at radius 1 is 1.89 bits per heavy atom. The summed E-state index contributed by atoms with van der Waals surface area (Å²) < 4.78 is 4.75. The normalized spacial score (nSPS) is 34.8. The summed E-state index contributed by atoms with van der Waals surface area (Å²) in [5.41, 5.74) is 4.85. The van der Waals surface area contributed by atoms with Gasteiger partial charge in [-0.15, -0.1) is 0 Å². The van der Waals surface area contributed by atoms with Gasteiger partial charge in [0.05, 0.1) is 12.7 Å². The van der Waals surface area contributed by atoms with Crippen molar-refractivity contribution >= 4 is 5.91 Å². The van der Waals surface area contributed by atoms with Gasteiger partial charge in [0.15, 0.2) is 0 Å². The molecule has 4 heteroatoms. The van der Waals surface area contributed by atoms with Crippen molar-refractivity contribution in [2.24, 2.45) is 5.73 Å². The average Bonchev–Trinajstić information content (AvgIpc) is 2.14. The summed E-state index contributed by atoms with van der Waals surface area (Å²) >= 11 is 0. The number of rotatable bonds is 1. The van der Waals surface area contributed by atoms with Gasteiger partial charge in [-0.3, -0.25) is 4.79 Å². The lowest BCUT2D eigenvalue weighted by molar-refractivity contribution is -0.125. The van der Waals surface area contributed by atoms with E-state index in [9.17, 15) is 4.79 Å². The third kappa shape index (κ3) is 1.40. The Morgan fingerprint density at radius 3 is 2.78 bits per heavy atom. The van der Waals surface area contributed by atoms with Crippen LogP contribution in [0, 0.1) is 6.42 Å². The summed E-state index contributed by atoms with van der Waals surface area (Å²) in [7, 11) is 0. The molecule has 1 unspecified atom stereocenters. The molecule has 1 radical (unpaired) electrons. The van der Waals surface area contributed by atoms with E-state index < -0.39 is 18.1 Å². The number of nitrogens with two attached hydrogens (primary N) is 1. The van der Waals surface area contributed by atoms with Gasteiger partial charge in [-0.2, -0.15) is 0 Å². The Kier molecular flexibility index (Phi) is 1.68. The Bertz CT molecular complexity index is 125. The molecule has 0 saturated carbocycles. The number of aliphatic hydroxyl groups is 1. The molecule has 1 fully saturated rings. The highest BCUT2D eigenvalue weighted by Gasteiger charge is 2.27. The predicted octanol–water partition coefficient (Wildman–Crippen LogP) is -1.56. The quantitative estimate of drug-likeness (QED) is 0.450. The summed E-state index contributed by atoms with van der Waals surface area (Å²) in [5.74, 6) is -0.549. The maximum absolute atomic E-state index is 10.3. The minimum absolute atomic E-state index is 0.174. The molecule has 0 bridgehead atoms. The van der Waals surface area contributed by atoms with E-state index in [0.717, 1.165) is 0 Å². The third-order valence-corrected chi connectivity index (χ3v) is 1.12. The van der Waals surface area contributed by atoms with Crippen LogP contribution in [0.3, 0.4) is 0 Å². The summed E-state index contributed by atoms with van der Waals surface area (Å²) in [5, 5.41) is 8.76. The highest BCUT2D eigenvalue weighted by molar-refractivity contribution is 5.80. The van der Waals surface area contributed by atoms with Gasteiger partial charge in [-0.1, -0.05) is 0 Å². The predicted molar refractivity (Wildman–Crippen MR) is 29.2 cm³/mol. The lowest BCUT2D eigenvalue weighted by atomic mass is 10.2. The molecule has 1 saturated heterocycles. The second-order valence-corrected chi connectivity index (χ2v) is 1.92. The first-order chi connectivity index (χ1) is 4.20. The maximum atomic E-state index is 10.3. The van der Waals surface area contributed by atoms with Crippen molar-refractivity contribution in [1.82, 2.24) is 0 Å². The molecule has 1 aliphatic heterocycles. The van der Waals surface area contributed by atoms with Crippen molar-refractivity contribution < 1.29 is 14.6 Å². The van der Waals surface area contributed by atoms with Crippen LogP contribution in [0.5, 0.6) is 0 Å². The van der Waals surface area contributed by atoms with Gasteiger partial charge in [0, 0.05) is 6.42 Å². The highest BCUT2D eigenvalue weighted by Crippen LogP contribution is 2.10. The van der Waals surface area contributed by atoms with Gasteiger partial charge in [0.25, 0.3) is 0 Å². The molecule has 2 atom stereocenters. The number of hydrogen-bond acceptors (Lipinski definition) is 3. The van der Waals surface area contributed by atoms with E-state index >= 15 is 0 Å². The molecule has 0 spiro atoms. The fourth-order valence-electron chi connectivity index (χ4n) is 0.692. The van der Waals surface area contributed by atoms with Crippen molar-refractivity contribution in [1.29, 1.82) is 0 Å². The average molecular weight is 130 g/mol. The van der Waals surface area contributed by atoms with Crippen LogP contribution in [-0.4, -0.2) is 29.8 Å². The van der Waals surface area contributed by atoms with Gasteiger partial charge in [0.1, 0.15) is 6.10 Å². The summed E-state index contributed by atoms with van der Waals surface area (Å²) in [6, 6.07) is 0. The Hall–Kier alpha value is -0.610. The molecule has 51 valence electrons. The van der Waals surface area contributed by atoms with Crippen molar-refractivity contribution in [3.63, 3.8) is 0 Å². The number of hydrogen-bond donors (Lipinski definition) is 2. The van der Waals surface area contributed by atoms with E-state index in [1.165, 1.54) is 6.42 Å². The molecule has 0 aromatic heterocycles. The van der Waals surface area contributed by atoms with E-state index in [1.54, 1.807) is 0 Å². The van der Waals surface area contributed by atoms with Crippen LogP contribution >= 0.6 is 0 Å². The summed E-state index contributed by atoms with van der Waals surface area (Å²) in [6.07, 6.45) is 0.0463. The van der Waals surface area contributed by atoms with E-state index in [2.05, 4.69) is 0 Å². The van der Waals surface area contributed by atoms with Crippen molar-refractivity contribution in [3.8, 4) is 0 Å². The number of carbonyl (C=O) groups is 1. The topological polar surface area (TPSA) is 72.6 Å². The molecule has 9 heavy (non-hydrogen) atoms. The Labute approximate surface area is 52.6 Å². The van der Waals surface area contributed by atoms with Gasteiger partial charge in [0.2, 0.25) is 5.91 Å². The third-order valence-electron chi connectivity index (χ3n) is 1.12. The molecule has 0 aliphatic carbocycles. The van der Waals surface area contributed by atoms with E-state index in [-0.39, 0.29) is 6.61 Å². The molecular formula is C5H8NO3. The van der Waals surface area contributed by atoms with Crippen LogP contribution in [-0.2, 0) is 9.53 Å². The molecule has 1 amide bonds. The fourth-order valence-corrected chi connectivity index (χ4v) is 0.692. The molecule has 3 N–H and O–H groups in total. The highest BCUT2D eigenvalue weighted by atomic mass is 16.5. The zero-order valence-electron chi connectivity index (χ0n) is 4.78. The van der Waals surface area contributed by atoms with Crippen LogP contribution in [0.15, 0.2) is 0 Å². The van der Waals surface area contributed by atoms with Crippen LogP contribution in [0.1, 0.15) is 0 Å². The second-order valence-electron chi connectivity index (χ2n) is 1.92. The summed E-state index contributed by atoms with van der Waals surface area (Å²) in [4.78, 5) is 10.3. The van der Waals surface area contributed by atoms with E-state index in [4.69, 9.17) is 15.6 Å². The minimum atomic E-state index is -0.694. The smallest absolute Gasteiger partial charge is 0.246 e. The first-order valence-electron chi connectivity index (χ1n) is 2.64. The standard InChI is InChI=1S/C5H8NO3/c6-5(8)4-1-3(7)2-9-4/h1,3-4,7H,2H2,(H2,6,8)/t3-,4?/m0/s1. The largest absolute Gasteiger partial charge is 0.390 e. The van der Waals surface area contributed by atoms with Crippen molar-refractivity contribution in [2.75, 3.05) is 6.61 Å². The number of amides is 1. The lowest BCUT2D eigenvalue weighted by Gasteiger charge is -1.99. The molecule has 1 rings (SSSR count). The van der Waals surface area contributed by atoms with E-state index in [0.29, 0.717) is 0 Å². The molecular weight excluding hydrogens is 122 g/mol. The van der Waals surface area contributed by atoms with Crippen LogP contribution in [0.2, 0.25) is 0 Å². The molecule has 4 nitrogen and oxygen atoms in total. The number of primary amides is 1. The van der Waals surface area contributed by atoms with Crippen LogP contribution < -0.4 is 5.73 Å². The van der Waals surface area contributed by atoms with Gasteiger partial charge < -0.3 is 15.6 Å². The van der Waals surface area contributed by atoms with Crippen LogP contribution in [0.25, 0.3) is 0 Å². The first-order valence-corrected chi connectivity index (χ1v) is 2.64. The minimum Gasteiger partial charge on any atom is -0.390 e. The fraction of sp³-hybridized carbons (Fsp3) is 0.600. The first kappa shape index (κ1) is 6.51. The van der Waals surface area contributed by atoms with Crippen molar-refractivity contribution in [3.05, 3.63) is 6.42 Å². The molecule has 0 aromatic rings. The van der Waals surface area contributed by atoms with E-state index in [1.807, 2.05) is 0 Å². The monoisotopic (exact) mass is 130 g/mol. The lowest BCUT2D eigenvalue weighted by Crippen LogP contribution is -2.28. The van der Waals surface area contributed by atoms with Gasteiger partial charge >= 0.3 is 0 Å². The van der Waals surface area contributed by atoms with Crippen molar-refractivity contribution in [2.45, 2.75) is 12.2 Å². The number of aliphatic hydroxyl groups excluding tert-OH is 1. The molecule has 1 aliphatic rings. The zero-order chi connectivity index (χ0) is 6.85. The number of ether oxygens (including phenoxy) is 1. The maximum Gasteiger partial charge on any atom is 0.246 e.